The number of hydroxylamine groups is 2. The lowest BCUT2D eigenvalue weighted by Gasteiger charge is -2.23. The number of rotatable bonds is 6. The number of nitrogens with two attached hydrogens (primary N) is 1. The second-order valence-corrected chi connectivity index (χ2v) is 6.10. The molecule has 0 radical (unpaired) electrons. The van der Waals surface area contributed by atoms with Crippen LogP contribution in [0.25, 0.3) is 0 Å². The zero-order valence-corrected chi connectivity index (χ0v) is 14.4. The quantitative estimate of drug-likeness (QED) is 0.596. The molecule has 4 N–H and O–H groups in total. The maximum Gasteiger partial charge on any atom is 0.267 e. The summed E-state index contributed by atoms with van der Waals surface area (Å²) in [6, 6.07) is 1.55. The third-order valence-electron chi connectivity index (χ3n) is 3.94. The molecule has 1 aromatic rings. The number of aliphatic hydroxyl groups is 1. The van der Waals surface area contributed by atoms with Crippen molar-refractivity contribution < 1.29 is 28.3 Å². The molecular weight excluding hydrogens is 392 g/mol. The van der Waals surface area contributed by atoms with Crippen molar-refractivity contribution in [3.05, 3.63) is 28.0 Å². The molecule has 0 aromatic heterocycles. The third-order valence-corrected chi connectivity index (χ3v) is 4.57. The van der Waals surface area contributed by atoms with Crippen LogP contribution in [0.4, 0.5) is 8.87 Å². The van der Waals surface area contributed by atoms with E-state index >= 15 is 0 Å². The zero-order valence-electron chi connectivity index (χ0n) is 12.8. The fourth-order valence-electron chi connectivity index (χ4n) is 2.79. The molecule has 134 valence electrons. The van der Waals surface area contributed by atoms with Gasteiger partial charge in [0.2, 0.25) is 0 Å². The Hall–Kier alpha value is -1.33. The number of carbonyl (C=O) groups excluding carboxylic acids is 1. The molecule has 2 rings (SSSR count). The van der Waals surface area contributed by atoms with E-state index in [1.165, 1.54) is 19.2 Å². The lowest BCUT2D eigenvalue weighted by Crippen LogP contribution is -2.45. The number of benzene rings is 1. The number of ether oxygens (including phenoxy) is 1. The second kappa shape index (κ2) is 8.17. The minimum atomic E-state index is -1.16. The number of carbonyl (C=O) groups is 1. The van der Waals surface area contributed by atoms with Crippen LogP contribution in [-0.2, 0) is 16.2 Å². The minimum absolute atomic E-state index is 0.00982. The highest BCUT2D eigenvalue weighted by atomic mass is 79.9. The Morgan fingerprint density at radius 2 is 2.29 bits per heavy atom. The molecule has 1 aliphatic rings. The summed E-state index contributed by atoms with van der Waals surface area (Å²) in [6.07, 6.45) is -0.696. The average Bonchev–Trinajstić information content (AvgIpc) is 2.95. The molecule has 1 aliphatic heterocycles. The first-order valence-corrected chi connectivity index (χ1v) is 7.93. The summed E-state index contributed by atoms with van der Waals surface area (Å²) < 4.78 is 32.6. The Bertz CT molecular complexity index is 608. The van der Waals surface area contributed by atoms with Gasteiger partial charge in [-0.3, -0.25) is 9.63 Å². The van der Waals surface area contributed by atoms with E-state index in [1.807, 2.05) is 0 Å². The molecule has 0 bridgehead atoms. The fourth-order valence-corrected chi connectivity index (χ4v) is 3.32. The lowest BCUT2D eigenvalue weighted by molar-refractivity contribution is -0.175. The monoisotopic (exact) mass is 409 g/mol. The summed E-state index contributed by atoms with van der Waals surface area (Å²) in [7, 11) is 1.37. The normalized spacial score (nSPS) is 24.2. The first-order valence-electron chi connectivity index (χ1n) is 7.14. The number of hydrogen-bond donors (Lipinski definition) is 3. The van der Waals surface area contributed by atoms with Crippen molar-refractivity contribution in [1.82, 2.24) is 10.6 Å². The standard InChI is InChI=1S/C14H18BrF2N3O4/c1-23-13-7(10(16)3-2-9(13)15)5-20-12(14(22)19-17)8(6-21)11(4-18)24-20/h2-3,8,11-12,21H,4-6,18H2,1H3,(H,19,22). The van der Waals surface area contributed by atoms with Gasteiger partial charge in [0.1, 0.15) is 17.6 Å². The van der Waals surface area contributed by atoms with Gasteiger partial charge in [-0.15, -0.1) is 4.48 Å². The molecule has 0 saturated carbocycles. The van der Waals surface area contributed by atoms with E-state index in [0.29, 0.717) is 4.47 Å². The first kappa shape index (κ1) is 19.0. The summed E-state index contributed by atoms with van der Waals surface area (Å²) in [5.41, 5.74) is 6.74. The number of hydrogen-bond acceptors (Lipinski definition) is 6. The van der Waals surface area contributed by atoms with E-state index in [-0.39, 0.29) is 24.4 Å². The number of amides is 1. The SMILES string of the molecule is COc1c(Br)ccc(F)c1CN1OC(CN)C(CO)C1C(=O)NF. The van der Waals surface area contributed by atoms with E-state index in [0.717, 1.165) is 10.6 Å². The van der Waals surface area contributed by atoms with Gasteiger partial charge in [0.25, 0.3) is 5.91 Å². The van der Waals surface area contributed by atoms with Gasteiger partial charge in [-0.05, 0) is 28.1 Å². The van der Waals surface area contributed by atoms with Crippen LogP contribution in [0.1, 0.15) is 5.56 Å². The van der Waals surface area contributed by atoms with Gasteiger partial charge in [0.15, 0.2) is 0 Å². The Morgan fingerprint density at radius 1 is 1.58 bits per heavy atom. The van der Waals surface area contributed by atoms with E-state index < -0.39 is 36.4 Å². The van der Waals surface area contributed by atoms with Crippen molar-refractivity contribution in [2.45, 2.75) is 18.7 Å². The molecule has 10 heteroatoms. The van der Waals surface area contributed by atoms with E-state index in [2.05, 4.69) is 15.9 Å². The Kier molecular flexibility index (Phi) is 6.47. The maximum absolute atomic E-state index is 14.2. The number of nitrogens with zero attached hydrogens (tertiary/aromatic N) is 1. The van der Waals surface area contributed by atoms with E-state index in [9.17, 15) is 18.8 Å². The third kappa shape index (κ3) is 3.52. The highest BCUT2D eigenvalue weighted by Crippen LogP contribution is 2.35. The maximum atomic E-state index is 14.2. The van der Waals surface area contributed by atoms with Crippen molar-refractivity contribution >= 4 is 21.8 Å². The van der Waals surface area contributed by atoms with Crippen LogP contribution in [0.5, 0.6) is 5.75 Å². The minimum Gasteiger partial charge on any atom is -0.495 e. The summed E-state index contributed by atoms with van der Waals surface area (Å²) in [5.74, 6) is -2.09. The molecule has 0 spiro atoms. The molecule has 0 aliphatic carbocycles. The molecule has 1 aromatic carbocycles. The number of halogens is 3. The summed E-state index contributed by atoms with van der Waals surface area (Å²) in [4.78, 5) is 17.4. The fraction of sp³-hybridized carbons (Fsp3) is 0.500. The van der Waals surface area contributed by atoms with Gasteiger partial charge in [0, 0.05) is 18.0 Å². The Morgan fingerprint density at radius 3 is 2.83 bits per heavy atom. The van der Waals surface area contributed by atoms with E-state index in [1.54, 1.807) is 0 Å². The Balaban J connectivity index is 2.37. The van der Waals surface area contributed by atoms with Gasteiger partial charge in [-0.25, -0.2) is 4.39 Å². The molecule has 1 saturated heterocycles. The number of nitrogens with one attached hydrogen (secondary N) is 1. The Labute approximate surface area is 145 Å². The van der Waals surface area contributed by atoms with Crippen molar-refractivity contribution in [3.8, 4) is 5.75 Å². The molecule has 1 heterocycles. The molecule has 24 heavy (non-hydrogen) atoms. The highest BCUT2D eigenvalue weighted by molar-refractivity contribution is 9.10. The molecule has 1 fully saturated rings. The largest absolute Gasteiger partial charge is 0.495 e. The second-order valence-electron chi connectivity index (χ2n) is 5.25. The molecule has 3 unspecified atom stereocenters. The van der Waals surface area contributed by atoms with Crippen LogP contribution in [0.2, 0.25) is 0 Å². The van der Waals surface area contributed by atoms with Gasteiger partial charge in [-0.2, -0.15) is 10.6 Å². The predicted octanol–water partition coefficient (Wildman–Crippen LogP) is 0.649. The topological polar surface area (TPSA) is 97.1 Å². The van der Waals surface area contributed by atoms with Gasteiger partial charge in [0.05, 0.1) is 30.8 Å². The van der Waals surface area contributed by atoms with Crippen molar-refractivity contribution in [2.24, 2.45) is 11.7 Å². The smallest absolute Gasteiger partial charge is 0.267 e. The first-order chi connectivity index (χ1) is 11.5. The van der Waals surface area contributed by atoms with Crippen molar-refractivity contribution in [3.63, 3.8) is 0 Å². The number of aliphatic hydroxyl groups excluding tert-OH is 1. The van der Waals surface area contributed by atoms with Crippen molar-refractivity contribution in [1.29, 1.82) is 0 Å². The molecular formula is C14H18BrF2N3O4. The molecule has 7 nitrogen and oxygen atoms in total. The van der Waals surface area contributed by atoms with Crippen LogP contribution in [0.15, 0.2) is 16.6 Å². The van der Waals surface area contributed by atoms with Crippen LogP contribution in [-0.4, -0.2) is 48.5 Å². The van der Waals surface area contributed by atoms with Gasteiger partial charge in [-0.1, -0.05) is 0 Å². The van der Waals surface area contributed by atoms with Gasteiger partial charge >= 0.3 is 0 Å². The highest BCUT2D eigenvalue weighted by Gasteiger charge is 2.47. The van der Waals surface area contributed by atoms with Crippen LogP contribution in [0.3, 0.4) is 0 Å². The summed E-state index contributed by atoms with van der Waals surface area (Å²) in [5, 5.41) is 10.6. The van der Waals surface area contributed by atoms with Crippen LogP contribution < -0.4 is 16.0 Å². The van der Waals surface area contributed by atoms with E-state index in [4.69, 9.17) is 15.3 Å². The van der Waals surface area contributed by atoms with Gasteiger partial charge < -0.3 is 15.6 Å². The van der Waals surface area contributed by atoms with Crippen LogP contribution >= 0.6 is 15.9 Å². The summed E-state index contributed by atoms with van der Waals surface area (Å²) >= 11 is 3.25. The molecule has 1 amide bonds. The predicted molar refractivity (Wildman–Crippen MR) is 83.7 cm³/mol. The number of methoxy groups -OCH3 is 1. The van der Waals surface area contributed by atoms with Crippen LogP contribution in [0, 0.1) is 11.7 Å². The zero-order chi connectivity index (χ0) is 17.9. The summed E-state index contributed by atoms with van der Waals surface area (Å²) in [6.45, 7) is -0.621. The lowest BCUT2D eigenvalue weighted by atomic mass is 9.95. The van der Waals surface area contributed by atoms with Crippen molar-refractivity contribution in [2.75, 3.05) is 20.3 Å². The average molecular weight is 410 g/mol. The molecule has 3 atom stereocenters.